The molecule has 1 atom stereocenters. The predicted octanol–water partition coefficient (Wildman–Crippen LogP) is 3.79. The summed E-state index contributed by atoms with van der Waals surface area (Å²) < 4.78 is 18.1. The lowest BCUT2D eigenvalue weighted by molar-refractivity contribution is -0.125. The molecule has 1 fully saturated rings. The summed E-state index contributed by atoms with van der Waals surface area (Å²) in [4.78, 5) is 30.2. The molecule has 0 aliphatic carbocycles. The maximum absolute atomic E-state index is 13.0. The van der Waals surface area contributed by atoms with Crippen LogP contribution in [-0.4, -0.2) is 39.4 Å². The molecule has 1 aromatic carbocycles. The lowest BCUT2D eigenvalue weighted by atomic mass is 10.1. The molecule has 0 bridgehead atoms. The van der Waals surface area contributed by atoms with Gasteiger partial charge in [-0.3, -0.25) is 9.59 Å². The fourth-order valence-corrected chi connectivity index (χ4v) is 2.52. The number of nitrogens with one attached hydrogen (secondary N) is 1. The van der Waals surface area contributed by atoms with E-state index in [1.54, 1.807) is 6.92 Å². The SMILES string of the molecule is CC(C)C.CC/C=C1/CN(C(=O)c2noc(-c3ccc(F)cc3)n2)C(C)C(=O)N1. The van der Waals surface area contributed by atoms with Crippen molar-refractivity contribution in [2.45, 2.75) is 47.1 Å². The number of piperazine rings is 1. The quantitative estimate of drug-likeness (QED) is 0.844. The fraction of sp³-hybridized carbons (Fsp3) is 0.429. The Bertz CT molecular complexity index is 872. The van der Waals surface area contributed by atoms with Gasteiger partial charge >= 0.3 is 0 Å². The molecule has 0 radical (unpaired) electrons. The molecule has 0 spiro atoms. The maximum atomic E-state index is 13.0. The van der Waals surface area contributed by atoms with Crippen LogP contribution in [0.15, 0.2) is 40.6 Å². The van der Waals surface area contributed by atoms with Crippen LogP contribution >= 0.6 is 0 Å². The molecule has 2 heterocycles. The van der Waals surface area contributed by atoms with Crippen molar-refractivity contribution >= 4 is 11.8 Å². The summed E-state index contributed by atoms with van der Waals surface area (Å²) in [5.41, 5.74) is 1.17. The van der Waals surface area contributed by atoms with E-state index in [0.717, 1.165) is 12.3 Å². The van der Waals surface area contributed by atoms with Gasteiger partial charge in [0.1, 0.15) is 11.9 Å². The van der Waals surface area contributed by atoms with E-state index < -0.39 is 11.9 Å². The van der Waals surface area contributed by atoms with Gasteiger partial charge in [0.2, 0.25) is 5.91 Å². The number of allylic oxidation sites excluding steroid dienone is 1. The highest BCUT2D eigenvalue weighted by Gasteiger charge is 2.34. The first-order valence-corrected chi connectivity index (χ1v) is 9.63. The van der Waals surface area contributed by atoms with Gasteiger partial charge in [0, 0.05) is 11.3 Å². The number of rotatable bonds is 3. The van der Waals surface area contributed by atoms with E-state index in [4.69, 9.17) is 4.52 Å². The van der Waals surface area contributed by atoms with Gasteiger partial charge < -0.3 is 14.7 Å². The first-order chi connectivity index (χ1) is 13.7. The molecule has 2 aromatic rings. The summed E-state index contributed by atoms with van der Waals surface area (Å²) in [6, 6.07) is 4.85. The molecular formula is C21H27FN4O3. The van der Waals surface area contributed by atoms with E-state index in [9.17, 15) is 14.0 Å². The number of hydrogen-bond acceptors (Lipinski definition) is 5. The zero-order chi connectivity index (χ0) is 21.6. The zero-order valence-electron chi connectivity index (χ0n) is 17.4. The van der Waals surface area contributed by atoms with Gasteiger partial charge in [0.25, 0.3) is 17.6 Å². The van der Waals surface area contributed by atoms with E-state index in [1.807, 2.05) is 13.0 Å². The number of benzene rings is 1. The van der Waals surface area contributed by atoms with Crippen LogP contribution in [0, 0.1) is 11.7 Å². The lowest BCUT2D eigenvalue weighted by Gasteiger charge is -2.33. The van der Waals surface area contributed by atoms with E-state index in [2.05, 4.69) is 36.2 Å². The molecule has 1 aromatic heterocycles. The van der Waals surface area contributed by atoms with E-state index in [0.29, 0.717) is 11.3 Å². The minimum absolute atomic E-state index is 0.113. The van der Waals surface area contributed by atoms with E-state index in [1.165, 1.54) is 29.2 Å². The second-order valence-electron chi connectivity index (χ2n) is 7.40. The van der Waals surface area contributed by atoms with Crippen molar-refractivity contribution < 1.29 is 18.5 Å². The van der Waals surface area contributed by atoms with Gasteiger partial charge in [-0.25, -0.2) is 4.39 Å². The van der Waals surface area contributed by atoms with Crippen molar-refractivity contribution in [1.82, 2.24) is 20.4 Å². The Morgan fingerprint density at radius 3 is 2.55 bits per heavy atom. The standard InChI is InChI=1S/C17H17FN4O3.C4H10/c1-3-4-13-9-22(10(2)15(23)19-13)17(24)14-20-16(25-21-14)11-5-7-12(18)8-6-11;1-4(2)3/h4-8,10H,3,9H2,1-2H3,(H,19,23);4H,1-3H3/b13-4-;. The van der Waals surface area contributed by atoms with Gasteiger partial charge in [-0.2, -0.15) is 4.98 Å². The van der Waals surface area contributed by atoms with Crippen LogP contribution in [0.3, 0.4) is 0 Å². The summed E-state index contributed by atoms with van der Waals surface area (Å²) in [5.74, 6) is -0.343. The third-order valence-corrected chi connectivity index (χ3v) is 3.89. The first-order valence-electron chi connectivity index (χ1n) is 9.63. The van der Waals surface area contributed by atoms with Crippen molar-refractivity contribution in [3.05, 3.63) is 47.7 Å². The van der Waals surface area contributed by atoms with Crippen LogP contribution in [0.4, 0.5) is 4.39 Å². The number of amides is 2. The Kier molecular flexibility index (Phi) is 7.64. The molecule has 2 amide bonds. The largest absolute Gasteiger partial charge is 0.333 e. The minimum Gasteiger partial charge on any atom is -0.333 e. The van der Waals surface area contributed by atoms with Crippen LogP contribution in [0.5, 0.6) is 0 Å². The van der Waals surface area contributed by atoms with Crippen molar-refractivity contribution in [3.63, 3.8) is 0 Å². The zero-order valence-corrected chi connectivity index (χ0v) is 17.4. The van der Waals surface area contributed by atoms with Crippen LogP contribution in [0.1, 0.15) is 51.7 Å². The third kappa shape index (κ3) is 5.97. The van der Waals surface area contributed by atoms with Crippen LogP contribution in [0.2, 0.25) is 0 Å². The smallest absolute Gasteiger partial charge is 0.296 e. The van der Waals surface area contributed by atoms with Crippen LogP contribution in [0.25, 0.3) is 11.5 Å². The molecule has 7 nitrogen and oxygen atoms in total. The summed E-state index contributed by atoms with van der Waals surface area (Å²) in [6.07, 6.45) is 2.59. The normalized spacial score (nSPS) is 17.8. The second-order valence-corrected chi connectivity index (χ2v) is 7.40. The Labute approximate surface area is 170 Å². The minimum atomic E-state index is -0.644. The highest BCUT2D eigenvalue weighted by Crippen LogP contribution is 2.19. The Balaban J connectivity index is 0.000000687. The van der Waals surface area contributed by atoms with Crippen molar-refractivity contribution in [3.8, 4) is 11.5 Å². The summed E-state index contributed by atoms with van der Waals surface area (Å²) >= 11 is 0. The third-order valence-electron chi connectivity index (χ3n) is 3.89. The lowest BCUT2D eigenvalue weighted by Crippen LogP contribution is -2.54. The van der Waals surface area contributed by atoms with E-state index >= 15 is 0 Å². The second kappa shape index (κ2) is 9.95. The molecule has 8 heteroatoms. The maximum Gasteiger partial charge on any atom is 0.296 e. The Hall–Kier alpha value is -3.03. The molecule has 1 aliphatic heterocycles. The Morgan fingerprint density at radius 1 is 1.34 bits per heavy atom. The number of hydrogen-bond donors (Lipinski definition) is 1. The molecule has 156 valence electrons. The first kappa shape index (κ1) is 22.3. The number of carbonyl (C=O) groups is 2. The van der Waals surface area contributed by atoms with Crippen LogP contribution in [-0.2, 0) is 4.79 Å². The molecule has 1 N–H and O–H groups in total. The fourth-order valence-electron chi connectivity index (χ4n) is 2.52. The molecule has 0 saturated carbocycles. The number of halogens is 1. The van der Waals surface area contributed by atoms with Gasteiger partial charge in [-0.05, 0) is 43.5 Å². The van der Waals surface area contributed by atoms with Crippen molar-refractivity contribution in [1.29, 1.82) is 0 Å². The molecule has 1 unspecified atom stereocenters. The molecule has 1 saturated heterocycles. The summed E-state index contributed by atoms with van der Waals surface area (Å²) in [7, 11) is 0. The molecule has 3 rings (SSSR count). The number of carbonyl (C=O) groups excluding carboxylic acids is 2. The van der Waals surface area contributed by atoms with Crippen molar-refractivity contribution in [2.75, 3.05) is 6.54 Å². The predicted molar refractivity (Wildman–Crippen MR) is 107 cm³/mol. The monoisotopic (exact) mass is 402 g/mol. The average Bonchev–Trinajstić information content (AvgIpc) is 3.14. The highest BCUT2D eigenvalue weighted by molar-refractivity contribution is 5.96. The van der Waals surface area contributed by atoms with Crippen molar-refractivity contribution in [2.24, 2.45) is 5.92 Å². The van der Waals surface area contributed by atoms with Gasteiger partial charge in [-0.1, -0.05) is 38.9 Å². The van der Waals surface area contributed by atoms with Crippen LogP contribution < -0.4 is 5.32 Å². The highest BCUT2D eigenvalue weighted by atomic mass is 19.1. The van der Waals surface area contributed by atoms with Gasteiger partial charge in [0.05, 0.1) is 6.54 Å². The number of aromatic nitrogens is 2. The summed E-state index contributed by atoms with van der Waals surface area (Å²) in [5, 5.41) is 6.47. The average molecular weight is 402 g/mol. The summed E-state index contributed by atoms with van der Waals surface area (Å²) in [6.45, 7) is 10.3. The van der Waals surface area contributed by atoms with Gasteiger partial charge in [0.15, 0.2) is 0 Å². The topological polar surface area (TPSA) is 88.3 Å². The molecule has 1 aliphatic rings. The van der Waals surface area contributed by atoms with E-state index in [-0.39, 0.29) is 30.0 Å². The van der Waals surface area contributed by atoms with Gasteiger partial charge in [-0.15, -0.1) is 0 Å². The number of nitrogens with zero attached hydrogens (tertiary/aromatic N) is 3. The Morgan fingerprint density at radius 2 is 1.97 bits per heavy atom. The molecule has 29 heavy (non-hydrogen) atoms. The molecular weight excluding hydrogens is 375 g/mol.